The van der Waals surface area contributed by atoms with Crippen molar-refractivity contribution in [3.63, 3.8) is 0 Å². The summed E-state index contributed by atoms with van der Waals surface area (Å²) in [7, 11) is 0. The van der Waals surface area contributed by atoms with Crippen molar-refractivity contribution in [1.82, 2.24) is 19.5 Å². The number of imidazole rings is 1. The van der Waals surface area contributed by atoms with Crippen LogP contribution in [-0.2, 0) is 4.74 Å². The Bertz CT molecular complexity index is 1260. The highest BCUT2D eigenvalue weighted by atomic mass is 19.3. The van der Waals surface area contributed by atoms with Crippen molar-refractivity contribution in [2.75, 3.05) is 30.4 Å². The molecule has 1 aliphatic heterocycles. The van der Waals surface area contributed by atoms with Crippen LogP contribution in [0.15, 0.2) is 54.6 Å². The van der Waals surface area contributed by atoms with Crippen LogP contribution in [0, 0.1) is 0 Å². The van der Waals surface area contributed by atoms with Gasteiger partial charge in [0.15, 0.2) is 11.6 Å². The summed E-state index contributed by atoms with van der Waals surface area (Å²) in [5, 5.41) is 0. The van der Waals surface area contributed by atoms with Crippen molar-refractivity contribution >= 4 is 22.5 Å². The average molecular weight is 436 g/mol. The van der Waals surface area contributed by atoms with Gasteiger partial charge in [-0.2, -0.15) is 0 Å². The first-order valence-electron chi connectivity index (χ1n) is 10.4. The molecular formula is C23H22F2N6O. The summed E-state index contributed by atoms with van der Waals surface area (Å²) < 4.78 is 34.9. The Labute approximate surface area is 183 Å². The monoisotopic (exact) mass is 436 g/mol. The van der Waals surface area contributed by atoms with Crippen LogP contribution in [-0.4, -0.2) is 45.3 Å². The molecule has 32 heavy (non-hydrogen) atoms. The summed E-state index contributed by atoms with van der Waals surface area (Å²) in [6, 6.07) is 16.0. The minimum Gasteiger partial charge on any atom is -0.399 e. The van der Waals surface area contributed by atoms with Crippen molar-refractivity contribution in [3.8, 4) is 17.2 Å². The summed E-state index contributed by atoms with van der Waals surface area (Å²) in [6.07, 6.45) is -2.76. The van der Waals surface area contributed by atoms with E-state index in [1.54, 1.807) is 42.5 Å². The van der Waals surface area contributed by atoms with Gasteiger partial charge in [0.2, 0.25) is 0 Å². The first kappa shape index (κ1) is 20.3. The summed E-state index contributed by atoms with van der Waals surface area (Å²) in [5.41, 5.74) is 8.24. The Morgan fingerprint density at radius 1 is 1.03 bits per heavy atom. The molecule has 0 aliphatic carbocycles. The molecule has 2 aromatic carbocycles. The topological polar surface area (TPSA) is 82.1 Å². The SMILES string of the molecule is C[C@H]1COCCN1c1cc(-n2c(C(F)F)nc3ccccc32)nc(-c2ccc(N)cc2)n1. The fourth-order valence-corrected chi connectivity index (χ4v) is 3.94. The molecule has 164 valence electrons. The van der Waals surface area contributed by atoms with Crippen LogP contribution in [0.4, 0.5) is 20.3 Å². The van der Waals surface area contributed by atoms with E-state index in [9.17, 15) is 8.78 Å². The lowest BCUT2D eigenvalue weighted by molar-refractivity contribution is 0.0985. The van der Waals surface area contributed by atoms with Crippen molar-refractivity contribution in [2.24, 2.45) is 0 Å². The molecule has 3 heterocycles. The highest BCUT2D eigenvalue weighted by Gasteiger charge is 2.25. The fraction of sp³-hybridized carbons (Fsp3) is 0.261. The van der Waals surface area contributed by atoms with Crippen LogP contribution in [0.3, 0.4) is 0 Å². The van der Waals surface area contributed by atoms with E-state index in [-0.39, 0.29) is 11.9 Å². The smallest absolute Gasteiger partial charge is 0.296 e. The number of rotatable bonds is 4. The molecule has 1 aliphatic rings. The zero-order valence-electron chi connectivity index (χ0n) is 17.4. The number of aromatic nitrogens is 4. The Hall–Kier alpha value is -3.59. The second kappa shape index (κ2) is 8.16. The van der Waals surface area contributed by atoms with Gasteiger partial charge in [-0.25, -0.2) is 23.7 Å². The van der Waals surface area contributed by atoms with E-state index in [0.717, 1.165) is 5.56 Å². The number of alkyl halides is 2. The van der Waals surface area contributed by atoms with E-state index < -0.39 is 6.43 Å². The Kier molecular flexibility index (Phi) is 5.18. The van der Waals surface area contributed by atoms with Crippen molar-refractivity contribution in [1.29, 1.82) is 0 Å². The number of hydrogen-bond acceptors (Lipinski definition) is 6. The van der Waals surface area contributed by atoms with Crippen LogP contribution in [0.5, 0.6) is 0 Å². The van der Waals surface area contributed by atoms with Crippen molar-refractivity contribution in [2.45, 2.75) is 19.4 Å². The zero-order chi connectivity index (χ0) is 22.2. The summed E-state index contributed by atoms with van der Waals surface area (Å²) in [5.74, 6) is 1.06. The number of nitrogens with two attached hydrogens (primary N) is 1. The molecule has 0 amide bonds. The quantitative estimate of drug-likeness (QED) is 0.482. The van der Waals surface area contributed by atoms with Crippen molar-refractivity contribution < 1.29 is 13.5 Å². The molecule has 1 fully saturated rings. The maximum Gasteiger partial charge on any atom is 0.296 e. The Morgan fingerprint density at radius 3 is 2.53 bits per heavy atom. The molecule has 2 aromatic heterocycles. The van der Waals surface area contributed by atoms with Gasteiger partial charge in [-0.1, -0.05) is 12.1 Å². The summed E-state index contributed by atoms with van der Waals surface area (Å²) >= 11 is 0. The number of para-hydroxylation sites is 2. The lowest BCUT2D eigenvalue weighted by Gasteiger charge is -2.34. The van der Waals surface area contributed by atoms with Gasteiger partial charge < -0.3 is 15.4 Å². The van der Waals surface area contributed by atoms with Crippen molar-refractivity contribution in [3.05, 3.63) is 60.4 Å². The third kappa shape index (κ3) is 3.64. The van der Waals surface area contributed by atoms with Crippen LogP contribution in [0.25, 0.3) is 28.2 Å². The highest BCUT2D eigenvalue weighted by Crippen LogP contribution is 2.31. The standard InChI is InChI=1S/C23H22F2N6O/c1-14-13-32-11-10-30(14)19-12-20(29-22(28-19)15-6-8-16(26)9-7-15)31-18-5-3-2-4-17(18)27-23(31)21(24)25/h2-9,12,14,21H,10-11,13,26H2,1H3/t14-/m0/s1. The molecule has 0 radical (unpaired) electrons. The number of anilines is 2. The molecule has 7 nitrogen and oxygen atoms in total. The molecule has 4 aromatic rings. The van der Waals surface area contributed by atoms with Gasteiger partial charge >= 0.3 is 0 Å². The molecule has 5 rings (SSSR count). The second-order valence-electron chi connectivity index (χ2n) is 7.74. The van der Waals surface area contributed by atoms with Crippen LogP contribution >= 0.6 is 0 Å². The predicted molar refractivity (Wildman–Crippen MR) is 119 cm³/mol. The van der Waals surface area contributed by atoms with Crippen LogP contribution in [0.1, 0.15) is 19.2 Å². The third-order valence-corrected chi connectivity index (χ3v) is 5.54. The maximum atomic E-state index is 14.0. The van der Waals surface area contributed by atoms with Gasteiger partial charge in [-0.05, 0) is 43.3 Å². The number of hydrogen-bond donors (Lipinski definition) is 1. The zero-order valence-corrected chi connectivity index (χ0v) is 17.4. The normalized spacial score (nSPS) is 16.8. The van der Waals surface area contributed by atoms with E-state index in [4.69, 9.17) is 15.5 Å². The lowest BCUT2D eigenvalue weighted by Crippen LogP contribution is -2.44. The fourth-order valence-electron chi connectivity index (χ4n) is 3.94. The molecule has 1 saturated heterocycles. The first-order valence-corrected chi connectivity index (χ1v) is 10.4. The molecular weight excluding hydrogens is 414 g/mol. The van der Waals surface area contributed by atoms with Gasteiger partial charge in [0.25, 0.3) is 6.43 Å². The number of nitrogen functional groups attached to an aromatic ring is 1. The molecule has 0 spiro atoms. The van der Waals surface area contributed by atoms with Gasteiger partial charge in [-0.3, -0.25) is 4.57 Å². The largest absolute Gasteiger partial charge is 0.399 e. The van der Waals surface area contributed by atoms with E-state index in [1.807, 2.05) is 19.1 Å². The number of nitrogens with zero attached hydrogens (tertiary/aromatic N) is 5. The molecule has 1 atom stereocenters. The molecule has 9 heteroatoms. The van der Waals surface area contributed by atoms with Gasteiger partial charge in [0, 0.05) is 23.9 Å². The Morgan fingerprint density at radius 2 is 1.78 bits per heavy atom. The van der Waals surface area contributed by atoms with Crippen LogP contribution in [0.2, 0.25) is 0 Å². The molecule has 0 bridgehead atoms. The number of morpholine rings is 1. The van der Waals surface area contributed by atoms with E-state index in [2.05, 4.69) is 14.9 Å². The lowest BCUT2D eigenvalue weighted by atomic mass is 10.2. The first-order chi connectivity index (χ1) is 15.5. The van der Waals surface area contributed by atoms with Gasteiger partial charge in [0.05, 0.1) is 30.3 Å². The van der Waals surface area contributed by atoms with E-state index >= 15 is 0 Å². The van der Waals surface area contributed by atoms with Gasteiger partial charge in [-0.15, -0.1) is 0 Å². The summed E-state index contributed by atoms with van der Waals surface area (Å²) in [4.78, 5) is 15.7. The van der Waals surface area contributed by atoms with E-state index in [1.165, 1.54) is 4.57 Å². The number of ether oxygens (including phenoxy) is 1. The molecule has 0 saturated carbocycles. The maximum absolute atomic E-state index is 14.0. The number of benzene rings is 2. The average Bonchev–Trinajstić information content (AvgIpc) is 3.20. The molecule has 2 N–H and O–H groups in total. The molecule has 0 unspecified atom stereocenters. The predicted octanol–water partition coefficient (Wildman–Crippen LogP) is 4.23. The second-order valence-corrected chi connectivity index (χ2v) is 7.74. The van der Waals surface area contributed by atoms with Crippen LogP contribution < -0.4 is 10.6 Å². The number of fused-ring (bicyclic) bond motifs is 1. The Balaban J connectivity index is 1.74. The van der Waals surface area contributed by atoms with Gasteiger partial charge in [0.1, 0.15) is 11.6 Å². The highest BCUT2D eigenvalue weighted by molar-refractivity contribution is 5.78. The minimum absolute atomic E-state index is 0.0832. The third-order valence-electron chi connectivity index (χ3n) is 5.54. The van der Waals surface area contributed by atoms with E-state index in [0.29, 0.717) is 53.9 Å². The minimum atomic E-state index is -2.76. The number of halogens is 2. The summed E-state index contributed by atoms with van der Waals surface area (Å²) in [6.45, 7) is 3.82.